The fourth-order valence-electron chi connectivity index (χ4n) is 2.34. The Balaban J connectivity index is 0.00000264. The van der Waals surface area contributed by atoms with Crippen molar-refractivity contribution >= 4 is 29.9 Å². The molecule has 23 heavy (non-hydrogen) atoms. The molecule has 1 unspecified atom stereocenters. The van der Waals surface area contributed by atoms with E-state index in [2.05, 4.69) is 36.3 Å². The molecule has 0 aromatic heterocycles. The smallest absolute Gasteiger partial charge is 0.188 e. The molecule has 5 nitrogen and oxygen atoms in total. The highest BCUT2D eigenvalue weighted by Crippen LogP contribution is 2.18. The van der Waals surface area contributed by atoms with Crippen molar-refractivity contribution in [2.45, 2.75) is 38.7 Å². The number of guanidine groups is 1. The summed E-state index contributed by atoms with van der Waals surface area (Å²) in [5.74, 6) is 1.87. The number of rotatable bonds is 7. The molecule has 1 aromatic carbocycles. The molecule has 1 fully saturated rings. The van der Waals surface area contributed by atoms with Crippen LogP contribution in [0.25, 0.3) is 0 Å². The number of benzene rings is 1. The fourth-order valence-corrected chi connectivity index (χ4v) is 2.34. The van der Waals surface area contributed by atoms with E-state index < -0.39 is 0 Å². The summed E-state index contributed by atoms with van der Waals surface area (Å²) in [5, 5.41) is 3.05. The monoisotopic (exact) mass is 433 g/mol. The highest BCUT2D eigenvalue weighted by atomic mass is 127. The molecule has 0 saturated carbocycles. The van der Waals surface area contributed by atoms with Crippen LogP contribution in [0.1, 0.15) is 38.2 Å². The van der Waals surface area contributed by atoms with Gasteiger partial charge in [0.15, 0.2) is 5.96 Å². The fraction of sp³-hybridized carbons (Fsp3) is 0.588. The van der Waals surface area contributed by atoms with Gasteiger partial charge in [0.05, 0.1) is 19.2 Å². The van der Waals surface area contributed by atoms with Crippen LogP contribution in [0.3, 0.4) is 0 Å². The molecular formula is C17H28IN3O2. The van der Waals surface area contributed by atoms with Crippen LogP contribution in [0.15, 0.2) is 29.3 Å². The summed E-state index contributed by atoms with van der Waals surface area (Å²) in [4.78, 5) is 4.28. The van der Waals surface area contributed by atoms with Crippen molar-refractivity contribution in [3.8, 4) is 5.75 Å². The number of nitrogens with zero attached hydrogens (tertiary/aromatic N) is 1. The predicted octanol–water partition coefficient (Wildman–Crippen LogP) is 2.89. The molecule has 0 radical (unpaired) electrons. The van der Waals surface area contributed by atoms with Gasteiger partial charge in [0, 0.05) is 6.61 Å². The van der Waals surface area contributed by atoms with Crippen LogP contribution in [0.5, 0.6) is 5.75 Å². The van der Waals surface area contributed by atoms with E-state index in [1.165, 1.54) is 5.56 Å². The highest BCUT2D eigenvalue weighted by Gasteiger charge is 2.14. The lowest BCUT2D eigenvalue weighted by Gasteiger charge is -2.10. The van der Waals surface area contributed by atoms with Crippen LogP contribution in [0, 0.1) is 0 Å². The first-order valence-corrected chi connectivity index (χ1v) is 8.03. The van der Waals surface area contributed by atoms with Crippen molar-refractivity contribution in [3.63, 3.8) is 0 Å². The zero-order valence-electron chi connectivity index (χ0n) is 14.0. The molecule has 1 saturated heterocycles. The summed E-state index contributed by atoms with van der Waals surface area (Å²) in [7, 11) is 0. The van der Waals surface area contributed by atoms with Crippen molar-refractivity contribution in [2.24, 2.45) is 10.7 Å². The second-order valence-corrected chi connectivity index (χ2v) is 5.86. The Labute approximate surface area is 156 Å². The normalized spacial score (nSPS) is 17.9. The number of ether oxygens (including phenoxy) is 2. The van der Waals surface area contributed by atoms with Gasteiger partial charge in [-0.2, -0.15) is 0 Å². The van der Waals surface area contributed by atoms with E-state index in [1.807, 2.05) is 12.1 Å². The maximum atomic E-state index is 5.81. The molecule has 1 aromatic rings. The summed E-state index contributed by atoms with van der Waals surface area (Å²) in [6.45, 7) is 7.02. The summed E-state index contributed by atoms with van der Waals surface area (Å²) in [5.41, 5.74) is 7.13. The summed E-state index contributed by atoms with van der Waals surface area (Å²) >= 11 is 0. The Bertz CT molecular complexity index is 471. The first kappa shape index (κ1) is 20.0. The van der Waals surface area contributed by atoms with E-state index in [0.717, 1.165) is 25.2 Å². The lowest BCUT2D eigenvalue weighted by molar-refractivity contribution is 0.117. The lowest BCUT2D eigenvalue weighted by Crippen LogP contribution is -2.35. The lowest BCUT2D eigenvalue weighted by atomic mass is 10.0. The molecule has 1 atom stereocenters. The van der Waals surface area contributed by atoms with Gasteiger partial charge in [-0.3, -0.25) is 4.99 Å². The van der Waals surface area contributed by atoms with Crippen molar-refractivity contribution in [1.29, 1.82) is 0 Å². The number of nitrogens with two attached hydrogens (primary N) is 1. The van der Waals surface area contributed by atoms with Gasteiger partial charge < -0.3 is 20.5 Å². The Kier molecular flexibility index (Phi) is 9.31. The van der Waals surface area contributed by atoms with Gasteiger partial charge >= 0.3 is 0 Å². The minimum atomic E-state index is 0. The molecule has 0 amide bonds. The number of aliphatic imine (C=N–C) groups is 1. The average molecular weight is 433 g/mol. The van der Waals surface area contributed by atoms with Crippen LogP contribution in [-0.2, 0) is 4.74 Å². The predicted molar refractivity (Wildman–Crippen MR) is 105 cm³/mol. The van der Waals surface area contributed by atoms with E-state index >= 15 is 0 Å². The zero-order chi connectivity index (χ0) is 15.8. The number of halogens is 1. The number of hydrogen-bond donors (Lipinski definition) is 2. The first-order valence-electron chi connectivity index (χ1n) is 8.03. The van der Waals surface area contributed by atoms with Gasteiger partial charge in [-0.1, -0.05) is 26.0 Å². The third-order valence-corrected chi connectivity index (χ3v) is 3.71. The van der Waals surface area contributed by atoms with Crippen molar-refractivity contribution in [1.82, 2.24) is 5.32 Å². The maximum Gasteiger partial charge on any atom is 0.188 e. The standard InChI is InChI=1S/C17H27N3O2.HI/c1-13(2)14-5-7-15(8-6-14)22-11-9-19-17(18)20-12-16-4-3-10-21-16;/h5-8,13,16H,3-4,9-12H2,1-2H3,(H3,18,19,20);1H. The van der Waals surface area contributed by atoms with Gasteiger partial charge in [0.25, 0.3) is 0 Å². The molecule has 1 aliphatic rings. The highest BCUT2D eigenvalue weighted by molar-refractivity contribution is 14.0. The van der Waals surface area contributed by atoms with Crippen molar-refractivity contribution < 1.29 is 9.47 Å². The molecule has 0 spiro atoms. The molecule has 6 heteroatoms. The molecule has 0 aliphatic carbocycles. The van der Waals surface area contributed by atoms with Crippen LogP contribution < -0.4 is 15.8 Å². The van der Waals surface area contributed by atoms with Crippen LogP contribution in [0.2, 0.25) is 0 Å². The Morgan fingerprint density at radius 2 is 2.13 bits per heavy atom. The van der Waals surface area contributed by atoms with Gasteiger partial charge in [-0.15, -0.1) is 24.0 Å². The average Bonchev–Trinajstić information content (AvgIpc) is 3.03. The van der Waals surface area contributed by atoms with E-state index in [0.29, 0.717) is 31.6 Å². The van der Waals surface area contributed by atoms with E-state index in [4.69, 9.17) is 15.2 Å². The Hall–Kier alpha value is -1.02. The number of hydrogen-bond acceptors (Lipinski definition) is 3. The molecular weight excluding hydrogens is 405 g/mol. The third-order valence-electron chi connectivity index (χ3n) is 3.71. The van der Waals surface area contributed by atoms with Crippen LogP contribution >= 0.6 is 24.0 Å². The quantitative estimate of drug-likeness (QED) is 0.300. The molecule has 1 aliphatic heterocycles. The van der Waals surface area contributed by atoms with Gasteiger partial charge in [0.1, 0.15) is 12.4 Å². The topological polar surface area (TPSA) is 68.9 Å². The molecule has 130 valence electrons. The Morgan fingerprint density at radius 3 is 2.74 bits per heavy atom. The Morgan fingerprint density at radius 1 is 1.39 bits per heavy atom. The first-order chi connectivity index (χ1) is 10.6. The van der Waals surface area contributed by atoms with Gasteiger partial charge in [-0.25, -0.2) is 0 Å². The minimum absolute atomic E-state index is 0. The minimum Gasteiger partial charge on any atom is -0.492 e. The van der Waals surface area contributed by atoms with Crippen LogP contribution in [-0.4, -0.2) is 38.4 Å². The second kappa shape index (κ2) is 10.7. The van der Waals surface area contributed by atoms with Crippen molar-refractivity contribution in [3.05, 3.63) is 29.8 Å². The largest absolute Gasteiger partial charge is 0.492 e. The summed E-state index contributed by atoms with van der Waals surface area (Å²) in [6, 6.07) is 8.21. The molecule has 2 rings (SSSR count). The number of nitrogens with one attached hydrogen (secondary N) is 1. The SMILES string of the molecule is CC(C)c1ccc(OCCNC(N)=NCC2CCCO2)cc1.I. The van der Waals surface area contributed by atoms with Crippen LogP contribution in [0.4, 0.5) is 0 Å². The van der Waals surface area contributed by atoms with Gasteiger partial charge in [0.2, 0.25) is 0 Å². The van der Waals surface area contributed by atoms with E-state index in [9.17, 15) is 0 Å². The van der Waals surface area contributed by atoms with Gasteiger partial charge in [-0.05, 0) is 36.5 Å². The van der Waals surface area contributed by atoms with E-state index in [-0.39, 0.29) is 30.1 Å². The zero-order valence-corrected chi connectivity index (χ0v) is 16.3. The van der Waals surface area contributed by atoms with Crippen molar-refractivity contribution in [2.75, 3.05) is 26.3 Å². The third kappa shape index (κ3) is 7.39. The maximum absolute atomic E-state index is 5.81. The summed E-state index contributed by atoms with van der Waals surface area (Å²) < 4.78 is 11.2. The molecule has 3 N–H and O–H groups in total. The molecule has 0 bridgehead atoms. The second-order valence-electron chi connectivity index (χ2n) is 5.86. The molecule has 1 heterocycles. The summed E-state index contributed by atoms with van der Waals surface area (Å²) in [6.07, 6.45) is 2.43. The van der Waals surface area contributed by atoms with E-state index in [1.54, 1.807) is 0 Å².